The second kappa shape index (κ2) is 4.17. The Morgan fingerprint density at radius 2 is 1.94 bits per heavy atom. The zero-order valence-electron chi connectivity index (χ0n) is 10.6. The molecular weight excluding hydrogens is 212 g/mol. The van der Waals surface area contributed by atoms with Crippen LogP contribution in [0.3, 0.4) is 0 Å². The van der Waals surface area contributed by atoms with Gasteiger partial charge in [-0.25, -0.2) is 0 Å². The third-order valence-electron chi connectivity index (χ3n) is 3.20. The number of nitrogens with zero attached hydrogens (tertiary/aromatic N) is 2. The average molecular weight is 228 g/mol. The van der Waals surface area contributed by atoms with Crippen molar-refractivity contribution in [2.45, 2.75) is 20.8 Å². The fourth-order valence-corrected chi connectivity index (χ4v) is 2.11. The van der Waals surface area contributed by atoms with Crippen molar-refractivity contribution in [3.05, 3.63) is 40.7 Å². The highest BCUT2D eigenvalue weighted by atomic mass is 16.1. The summed E-state index contributed by atoms with van der Waals surface area (Å²) < 4.78 is 1.87. The second-order valence-corrected chi connectivity index (χ2v) is 4.36. The van der Waals surface area contributed by atoms with Crippen LogP contribution in [0.1, 0.15) is 27.3 Å². The molecule has 0 unspecified atom stereocenters. The third kappa shape index (κ3) is 1.88. The highest BCUT2D eigenvalue weighted by Gasteiger charge is 2.12. The largest absolute Gasteiger partial charge is 0.298 e. The van der Waals surface area contributed by atoms with E-state index in [2.05, 4.69) is 5.10 Å². The molecule has 2 aromatic rings. The lowest BCUT2D eigenvalue weighted by Gasteiger charge is -2.05. The lowest BCUT2D eigenvalue weighted by atomic mass is 9.99. The number of rotatable bonds is 2. The van der Waals surface area contributed by atoms with Gasteiger partial charge in [-0.15, -0.1) is 0 Å². The van der Waals surface area contributed by atoms with Crippen molar-refractivity contribution in [2.75, 3.05) is 0 Å². The molecule has 88 valence electrons. The number of aryl methyl sites for hydroxylation is 3. The molecule has 17 heavy (non-hydrogen) atoms. The molecule has 2 rings (SSSR count). The minimum atomic E-state index is 0.741. The quantitative estimate of drug-likeness (QED) is 0.741. The van der Waals surface area contributed by atoms with Crippen LogP contribution in [-0.4, -0.2) is 16.1 Å². The molecule has 0 aliphatic rings. The van der Waals surface area contributed by atoms with E-state index in [4.69, 9.17) is 0 Å². The van der Waals surface area contributed by atoms with Crippen LogP contribution in [0, 0.1) is 20.8 Å². The van der Waals surface area contributed by atoms with Gasteiger partial charge in [0.1, 0.15) is 6.29 Å². The molecular formula is C14H16N2O. The van der Waals surface area contributed by atoms with Crippen LogP contribution < -0.4 is 0 Å². The van der Waals surface area contributed by atoms with Crippen LogP contribution in [0.5, 0.6) is 0 Å². The van der Waals surface area contributed by atoms with Gasteiger partial charge in [-0.1, -0.05) is 12.1 Å². The van der Waals surface area contributed by atoms with Gasteiger partial charge in [0.2, 0.25) is 0 Å². The molecule has 0 aliphatic heterocycles. The van der Waals surface area contributed by atoms with E-state index in [1.165, 1.54) is 0 Å². The van der Waals surface area contributed by atoms with E-state index in [1.54, 1.807) is 0 Å². The molecule has 0 fully saturated rings. The van der Waals surface area contributed by atoms with Crippen LogP contribution in [0.4, 0.5) is 0 Å². The van der Waals surface area contributed by atoms with Crippen LogP contribution in [-0.2, 0) is 7.05 Å². The molecule has 0 spiro atoms. The molecule has 0 saturated carbocycles. The van der Waals surface area contributed by atoms with Crippen molar-refractivity contribution in [1.82, 2.24) is 9.78 Å². The Bertz CT molecular complexity index is 582. The Labute approximate surface area is 101 Å². The molecule has 3 nitrogen and oxygen atoms in total. The fourth-order valence-electron chi connectivity index (χ4n) is 2.11. The summed E-state index contributed by atoms with van der Waals surface area (Å²) in [5.41, 5.74) is 6.03. The van der Waals surface area contributed by atoms with Crippen molar-refractivity contribution in [1.29, 1.82) is 0 Å². The van der Waals surface area contributed by atoms with Gasteiger partial charge in [-0.05, 0) is 38.0 Å². The molecule has 0 radical (unpaired) electrons. The Hall–Kier alpha value is -1.90. The summed E-state index contributed by atoms with van der Waals surface area (Å²) in [6.07, 6.45) is 0.903. The monoisotopic (exact) mass is 228 g/mol. The number of carbonyl (C=O) groups is 1. The van der Waals surface area contributed by atoms with E-state index < -0.39 is 0 Å². The van der Waals surface area contributed by atoms with Gasteiger partial charge in [0, 0.05) is 23.9 Å². The van der Waals surface area contributed by atoms with Gasteiger partial charge in [0.25, 0.3) is 0 Å². The molecule has 3 heteroatoms. The molecule has 0 atom stereocenters. The van der Waals surface area contributed by atoms with Crippen LogP contribution in [0.2, 0.25) is 0 Å². The molecule has 0 aliphatic carbocycles. The first-order valence-electron chi connectivity index (χ1n) is 5.61. The molecule has 0 bridgehead atoms. The highest BCUT2D eigenvalue weighted by Crippen LogP contribution is 2.27. The molecule has 1 aromatic heterocycles. The highest BCUT2D eigenvalue weighted by molar-refractivity contribution is 5.81. The Morgan fingerprint density at radius 3 is 2.47 bits per heavy atom. The minimum absolute atomic E-state index is 0.741. The van der Waals surface area contributed by atoms with Gasteiger partial charge in [-0.2, -0.15) is 5.10 Å². The number of hydrogen-bond donors (Lipinski definition) is 0. The van der Waals surface area contributed by atoms with E-state index in [0.29, 0.717) is 0 Å². The first-order chi connectivity index (χ1) is 8.04. The first kappa shape index (κ1) is 11.6. The van der Waals surface area contributed by atoms with Gasteiger partial charge < -0.3 is 0 Å². The Balaban J connectivity index is 2.64. The minimum Gasteiger partial charge on any atom is -0.298 e. The summed E-state index contributed by atoms with van der Waals surface area (Å²) in [4.78, 5) is 11.0. The molecule has 1 heterocycles. The van der Waals surface area contributed by atoms with Crippen LogP contribution in [0.15, 0.2) is 18.2 Å². The topological polar surface area (TPSA) is 34.9 Å². The lowest BCUT2D eigenvalue weighted by Crippen LogP contribution is -1.93. The maximum atomic E-state index is 11.0. The molecule has 0 saturated heterocycles. The van der Waals surface area contributed by atoms with E-state index in [-0.39, 0.29) is 0 Å². The number of benzene rings is 1. The smallest absolute Gasteiger partial charge is 0.150 e. The molecule has 0 N–H and O–H groups in total. The standard InChI is InChI=1S/C14H16N2O/c1-9-5-6-12(7-13(9)8-17)14-10(2)15-16(4)11(14)3/h5-8H,1-4H3. The maximum Gasteiger partial charge on any atom is 0.150 e. The molecule has 1 aromatic carbocycles. The number of hydrogen-bond acceptors (Lipinski definition) is 2. The summed E-state index contributed by atoms with van der Waals surface area (Å²) >= 11 is 0. The van der Waals surface area contributed by atoms with E-state index >= 15 is 0 Å². The van der Waals surface area contributed by atoms with Gasteiger partial charge in [-0.3, -0.25) is 9.48 Å². The van der Waals surface area contributed by atoms with E-state index in [9.17, 15) is 4.79 Å². The van der Waals surface area contributed by atoms with Crippen molar-refractivity contribution < 1.29 is 4.79 Å². The zero-order chi connectivity index (χ0) is 12.6. The SMILES string of the molecule is Cc1ccc(-c2c(C)nn(C)c2C)cc1C=O. The second-order valence-electron chi connectivity index (χ2n) is 4.36. The zero-order valence-corrected chi connectivity index (χ0v) is 10.6. The Kier molecular flexibility index (Phi) is 2.84. The van der Waals surface area contributed by atoms with E-state index in [1.807, 2.05) is 50.7 Å². The van der Waals surface area contributed by atoms with Gasteiger partial charge >= 0.3 is 0 Å². The van der Waals surface area contributed by atoms with Crippen molar-refractivity contribution in [3.8, 4) is 11.1 Å². The van der Waals surface area contributed by atoms with Gasteiger partial charge in [0.05, 0.1) is 5.69 Å². The number of aldehydes is 1. The predicted molar refractivity (Wildman–Crippen MR) is 68.2 cm³/mol. The van der Waals surface area contributed by atoms with Crippen LogP contribution >= 0.6 is 0 Å². The average Bonchev–Trinajstić information content (AvgIpc) is 2.55. The van der Waals surface area contributed by atoms with Crippen molar-refractivity contribution in [3.63, 3.8) is 0 Å². The van der Waals surface area contributed by atoms with Gasteiger partial charge in [0.15, 0.2) is 0 Å². The summed E-state index contributed by atoms with van der Waals surface area (Å²) in [5, 5.41) is 4.39. The Morgan fingerprint density at radius 1 is 1.24 bits per heavy atom. The predicted octanol–water partition coefficient (Wildman–Crippen LogP) is 2.82. The number of carbonyl (C=O) groups excluding carboxylic acids is 1. The number of aromatic nitrogens is 2. The normalized spacial score (nSPS) is 10.6. The van der Waals surface area contributed by atoms with Crippen molar-refractivity contribution >= 4 is 6.29 Å². The summed E-state index contributed by atoms with van der Waals surface area (Å²) in [6, 6.07) is 5.95. The summed E-state index contributed by atoms with van der Waals surface area (Å²) in [6.45, 7) is 5.97. The fraction of sp³-hybridized carbons (Fsp3) is 0.286. The van der Waals surface area contributed by atoms with E-state index in [0.717, 1.165) is 39.9 Å². The summed E-state index contributed by atoms with van der Waals surface area (Å²) in [7, 11) is 1.93. The third-order valence-corrected chi connectivity index (χ3v) is 3.20. The lowest BCUT2D eigenvalue weighted by molar-refractivity contribution is 0.112. The first-order valence-corrected chi connectivity index (χ1v) is 5.61. The molecule has 0 amide bonds. The van der Waals surface area contributed by atoms with Crippen molar-refractivity contribution in [2.24, 2.45) is 7.05 Å². The maximum absolute atomic E-state index is 11.0. The van der Waals surface area contributed by atoms with Crippen LogP contribution in [0.25, 0.3) is 11.1 Å². The summed E-state index contributed by atoms with van der Waals surface area (Å²) in [5.74, 6) is 0.